The van der Waals surface area contributed by atoms with Crippen molar-refractivity contribution in [3.8, 4) is 17.3 Å². The van der Waals surface area contributed by atoms with E-state index in [4.69, 9.17) is 0 Å². The van der Waals surface area contributed by atoms with E-state index in [2.05, 4.69) is 14.0 Å². The van der Waals surface area contributed by atoms with Gasteiger partial charge in [0.05, 0.1) is 16.5 Å². The highest BCUT2D eigenvalue weighted by Crippen LogP contribution is 2.31. The zero-order valence-electron chi connectivity index (χ0n) is 14.5. The van der Waals surface area contributed by atoms with E-state index in [9.17, 15) is 43.9 Å². The molecule has 2 aromatic carbocycles. The van der Waals surface area contributed by atoms with Gasteiger partial charge in [-0.3, -0.25) is 4.79 Å². The minimum Gasteiger partial charge on any atom is -0.406 e. The molecule has 0 unspecified atom stereocenters. The molecule has 0 N–H and O–H groups in total. The molecular weight excluding hydrogens is 465 g/mol. The van der Waals surface area contributed by atoms with Crippen molar-refractivity contribution in [2.75, 3.05) is 0 Å². The molecule has 0 bridgehead atoms. The van der Waals surface area contributed by atoms with Gasteiger partial charge >= 0.3 is 22.0 Å². The average molecular weight is 472 g/mol. The fourth-order valence-corrected chi connectivity index (χ4v) is 2.81. The minimum atomic E-state index is -6.29. The maximum atomic E-state index is 14.2. The smallest absolute Gasteiger partial charge is 0.406 e. The molecule has 1 heterocycles. The molecule has 0 aliphatic carbocycles. The topological polar surface area (TPSA) is 87.5 Å². The summed E-state index contributed by atoms with van der Waals surface area (Å²) in [5, 5.41) is 1.80. The first-order chi connectivity index (χ1) is 14.2. The maximum Gasteiger partial charge on any atom is 0.573 e. The number of nitrogens with zero attached hydrogens (tertiary/aromatic N) is 2. The van der Waals surface area contributed by atoms with Gasteiger partial charge < -0.3 is 8.92 Å². The third-order valence-electron chi connectivity index (χ3n) is 3.63. The van der Waals surface area contributed by atoms with Gasteiger partial charge in [-0.2, -0.15) is 26.3 Å². The number of halogens is 7. The Bertz CT molecular complexity index is 1300. The summed E-state index contributed by atoms with van der Waals surface area (Å²) in [6.45, 7) is 0. The Morgan fingerprint density at radius 2 is 1.55 bits per heavy atom. The van der Waals surface area contributed by atoms with E-state index in [1.165, 1.54) is 0 Å². The molecule has 0 aliphatic rings. The van der Waals surface area contributed by atoms with Gasteiger partial charge in [0.1, 0.15) is 11.6 Å². The molecule has 7 nitrogen and oxygen atoms in total. The standard InChI is InChI=1S/C16H7F7N2O5S/c17-11-3-1-2-10-12(11)13(30-31(27,28)16(21,22)23)24-25(14(10)26)8-4-6-9(7-5-8)29-15(18,19)20/h1-7H. The van der Waals surface area contributed by atoms with Gasteiger partial charge in [0.25, 0.3) is 11.4 Å². The van der Waals surface area contributed by atoms with Crippen LogP contribution in [-0.2, 0) is 10.1 Å². The average Bonchev–Trinajstić information content (AvgIpc) is 2.62. The summed E-state index contributed by atoms with van der Waals surface area (Å²) < 4.78 is 120. The highest BCUT2D eigenvalue weighted by molar-refractivity contribution is 7.88. The maximum absolute atomic E-state index is 14.2. The lowest BCUT2D eigenvalue weighted by atomic mass is 10.2. The second kappa shape index (κ2) is 7.40. The van der Waals surface area contributed by atoms with E-state index >= 15 is 0 Å². The molecule has 0 amide bonds. The van der Waals surface area contributed by atoms with Crippen LogP contribution in [0.25, 0.3) is 16.5 Å². The molecule has 15 heteroatoms. The summed E-state index contributed by atoms with van der Waals surface area (Å²) in [5.74, 6) is -3.39. The second-order valence-electron chi connectivity index (χ2n) is 5.71. The van der Waals surface area contributed by atoms with Crippen molar-refractivity contribution in [2.24, 2.45) is 0 Å². The summed E-state index contributed by atoms with van der Waals surface area (Å²) >= 11 is 0. The van der Waals surface area contributed by atoms with E-state index < -0.39 is 55.8 Å². The zero-order valence-corrected chi connectivity index (χ0v) is 15.3. The van der Waals surface area contributed by atoms with Gasteiger partial charge in [0.15, 0.2) is 0 Å². The number of benzene rings is 2. The fraction of sp³-hybridized carbons (Fsp3) is 0.125. The molecule has 31 heavy (non-hydrogen) atoms. The molecule has 166 valence electrons. The van der Waals surface area contributed by atoms with E-state index in [0.717, 1.165) is 42.5 Å². The van der Waals surface area contributed by atoms with Crippen LogP contribution in [0.4, 0.5) is 30.7 Å². The fourth-order valence-electron chi connectivity index (χ4n) is 2.39. The van der Waals surface area contributed by atoms with Crippen molar-refractivity contribution in [3.05, 3.63) is 58.6 Å². The third kappa shape index (κ3) is 4.55. The normalized spacial score (nSPS) is 12.7. The van der Waals surface area contributed by atoms with Crippen molar-refractivity contribution >= 4 is 20.9 Å². The van der Waals surface area contributed by atoms with Crippen LogP contribution < -0.4 is 14.5 Å². The quantitative estimate of drug-likeness (QED) is 0.327. The van der Waals surface area contributed by atoms with E-state index in [-0.39, 0.29) is 5.69 Å². The summed E-state index contributed by atoms with van der Waals surface area (Å²) in [5.41, 5.74) is -7.31. The lowest BCUT2D eigenvalue weighted by molar-refractivity contribution is -0.274. The highest BCUT2D eigenvalue weighted by atomic mass is 32.2. The molecule has 0 atom stereocenters. The van der Waals surface area contributed by atoms with Gasteiger partial charge in [-0.15, -0.1) is 18.3 Å². The predicted molar refractivity (Wildman–Crippen MR) is 89.6 cm³/mol. The van der Waals surface area contributed by atoms with Crippen molar-refractivity contribution in [2.45, 2.75) is 11.9 Å². The Morgan fingerprint density at radius 3 is 2.10 bits per heavy atom. The highest BCUT2D eigenvalue weighted by Gasteiger charge is 2.49. The largest absolute Gasteiger partial charge is 0.573 e. The van der Waals surface area contributed by atoms with Gasteiger partial charge in [-0.25, -0.2) is 4.39 Å². The summed E-state index contributed by atoms with van der Waals surface area (Å²) in [6.07, 6.45) is -5.01. The zero-order chi connectivity index (χ0) is 23.2. The number of fused-ring (bicyclic) bond motifs is 1. The van der Waals surface area contributed by atoms with E-state index in [0.29, 0.717) is 4.68 Å². The lowest BCUT2D eigenvalue weighted by Gasteiger charge is -2.14. The molecule has 0 fully saturated rings. The van der Waals surface area contributed by atoms with Crippen LogP contribution in [-0.4, -0.2) is 30.1 Å². The van der Waals surface area contributed by atoms with Gasteiger partial charge in [-0.05, 0) is 36.4 Å². The molecule has 0 radical (unpaired) electrons. The summed E-state index contributed by atoms with van der Waals surface area (Å²) in [4.78, 5) is 12.6. The first kappa shape index (κ1) is 22.3. The monoisotopic (exact) mass is 472 g/mol. The summed E-state index contributed by atoms with van der Waals surface area (Å²) in [7, 11) is -6.29. The number of ether oxygens (including phenoxy) is 1. The van der Waals surface area contributed by atoms with E-state index in [1.807, 2.05) is 0 Å². The van der Waals surface area contributed by atoms with Crippen LogP contribution in [0.1, 0.15) is 0 Å². The summed E-state index contributed by atoms with van der Waals surface area (Å²) in [6, 6.07) is 5.99. The van der Waals surface area contributed by atoms with Gasteiger partial charge in [0, 0.05) is 0 Å². The SMILES string of the molecule is O=c1c2cccc(F)c2c(OS(=O)(=O)C(F)(F)F)nn1-c1ccc(OC(F)(F)F)cc1. The number of aromatic nitrogens is 2. The van der Waals surface area contributed by atoms with Crippen LogP contribution in [0, 0.1) is 5.82 Å². The van der Waals surface area contributed by atoms with Gasteiger partial charge in [0.2, 0.25) is 0 Å². The van der Waals surface area contributed by atoms with Crippen LogP contribution in [0.15, 0.2) is 47.3 Å². The molecule has 0 saturated heterocycles. The van der Waals surface area contributed by atoms with Crippen LogP contribution >= 0.6 is 0 Å². The van der Waals surface area contributed by atoms with Crippen LogP contribution in [0.5, 0.6) is 11.6 Å². The van der Waals surface area contributed by atoms with Crippen molar-refractivity contribution < 1.29 is 48.1 Å². The van der Waals surface area contributed by atoms with Crippen LogP contribution in [0.3, 0.4) is 0 Å². The molecule has 0 spiro atoms. The predicted octanol–water partition coefficient (Wildman–Crippen LogP) is 3.65. The Labute approximate surface area is 167 Å². The van der Waals surface area contributed by atoms with Gasteiger partial charge in [-0.1, -0.05) is 6.07 Å². The molecule has 0 saturated carbocycles. The molecule has 1 aromatic heterocycles. The number of rotatable bonds is 4. The first-order valence-electron chi connectivity index (χ1n) is 7.78. The molecular formula is C16H7F7N2O5S. The lowest BCUT2D eigenvalue weighted by Crippen LogP contribution is -2.30. The second-order valence-corrected chi connectivity index (χ2v) is 7.25. The third-order valence-corrected chi connectivity index (χ3v) is 4.57. The minimum absolute atomic E-state index is 0.306. The molecule has 3 aromatic rings. The number of alkyl halides is 6. The van der Waals surface area contributed by atoms with Crippen molar-refractivity contribution in [1.82, 2.24) is 9.78 Å². The van der Waals surface area contributed by atoms with E-state index in [1.54, 1.807) is 0 Å². The Morgan fingerprint density at radius 1 is 0.935 bits per heavy atom. The van der Waals surface area contributed by atoms with Crippen molar-refractivity contribution in [1.29, 1.82) is 0 Å². The van der Waals surface area contributed by atoms with Crippen LogP contribution in [0.2, 0.25) is 0 Å². The Kier molecular flexibility index (Phi) is 5.33. The first-order valence-corrected chi connectivity index (χ1v) is 9.19. The Hall–Kier alpha value is -3.36. The number of hydrogen-bond donors (Lipinski definition) is 0. The number of hydrogen-bond acceptors (Lipinski definition) is 6. The molecule has 0 aliphatic heterocycles. The Balaban J connectivity index is 2.20. The van der Waals surface area contributed by atoms with Crippen molar-refractivity contribution in [3.63, 3.8) is 0 Å². The molecule has 3 rings (SSSR count).